The Bertz CT molecular complexity index is 1020. The first-order valence-corrected chi connectivity index (χ1v) is 15.4. The van der Waals surface area contributed by atoms with E-state index in [-0.39, 0.29) is 29.8 Å². The highest BCUT2D eigenvalue weighted by Gasteiger charge is 2.38. The van der Waals surface area contributed by atoms with Crippen molar-refractivity contribution in [2.75, 3.05) is 11.9 Å². The molecule has 1 heterocycles. The Morgan fingerprint density at radius 1 is 1.11 bits per heavy atom. The van der Waals surface area contributed by atoms with Crippen molar-refractivity contribution in [2.45, 2.75) is 64.2 Å². The van der Waals surface area contributed by atoms with Gasteiger partial charge >= 0.3 is 5.97 Å². The molecule has 0 spiro atoms. The summed E-state index contributed by atoms with van der Waals surface area (Å²) < 4.78 is 25.5. The molecule has 1 aliphatic heterocycles. The van der Waals surface area contributed by atoms with Gasteiger partial charge in [0.2, 0.25) is 12.2 Å². The van der Waals surface area contributed by atoms with Gasteiger partial charge in [0.05, 0.1) is 0 Å². The van der Waals surface area contributed by atoms with Crippen LogP contribution in [0, 0.1) is 5.92 Å². The molecular weight excluding hydrogens is 495 g/mol. The maximum absolute atomic E-state index is 14.1. The second-order valence-electron chi connectivity index (χ2n) is 9.22. The van der Waals surface area contributed by atoms with Crippen LogP contribution >= 0.6 is 19.3 Å². The molecule has 3 unspecified atom stereocenters. The van der Waals surface area contributed by atoms with E-state index in [1.165, 1.54) is 5.56 Å². The highest BCUT2D eigenvalue weighted by molar-refractivity contribution is 7.99. The van der Waals surface area contributed by atoms with Crippen molar-refractivity contribution in [3.8, 4) is 0 Å². The molecule has 1 amide bonds. The summed E-state index contributed by atoms with van der Waals surface area (Å²) in [5.74, 6) is -0.385. The molecule has 196 valence electrons. The summed E-state index contributed by atoms with van der Waals surface area (Å²) >= 11 is 1.58. The normalized spacial score (nSPS) is 20.4. The lowest BCUT2D eigenvalue weighted by atomic mass is 10.1. The molecule has 2 N–H and O–H groups in total. The second kappa shape index (κ2) is 14.0. The fourth-order valence-corrected chi connectivity index (χ4v) is 7.31. The van der Waals surface area contributed by atoms with Gasteiger partial charge < -0.3 is 10.1 Å². The SMILES string of the molecule is CCC(=O)OC(OP(=O)(CCCCc1ccccc1)NC1CS[C@H](c2ccccc2)NC1=O)C(C)C. The number of ether oxygens (including phenoxy) is 1. The maximum atomic E-state index is 14.1. The minimum Gasteiger partial charge on any atom is -0.435 e. The number of hydrogen-bond acceptors (Lipinski definition) is 6. The third-order valence-electron chi connectivity index (χ3n) is 5.84. The van der Waals surface area contributed by atoms with Crippen LogP contribution in [0.4, 0.5) is 0 Å². The highest BCUT2D eigenvalue weighted by atomic mass is 32.2. The van der Waals surface area contributed by atoms with Crippen LogP contribution in [0.2, 0.25) is 0 Å². The number of carbonyl (C=O) groups is 2. The van der Waals surface area contributed by atoms with Crippen LogP contribution < -0.4 is 10.4 Å². The highest BCUT2D eigenvalue weighted by Crippen LogP contribution is 2.47. The van der Waals surface area contributed by atoms with Gasteiger partial charge in [-0.15, -0.1) is 11.8 Å². The average molecular weight is 533 g/mol. The van der Waals surface area contributed by atoms with Crippen LogP contribution in [0.15, 0.2) is 60.7 Å². The number of benzene rings is 2. The average Bonchev–Trinajstić information content (AvgIpc) is 2.88. The number of esters is 1. The minimum absolute atomic E-state index is 0.156. The van der Waals surface area contributed by atoms with Gasteiger partial charge in [-0.25, -0.2) is 5.09 Å². The van der Waals surface area contributed by atoms with Gasteiger partial charge in [-0.1, -0.05) is 81.4 Å². The van der Waals surface area contributed by atoms with Crippen molar-refractivity contribution in [3.05, 3.63) is 71.8 Å². The van der Waals surface area contributed by atoms with Gasteiger partial charge in [0.1, 0.15) is 11.4 Å². The molecule has 4 atom stereocenters. The summed E-state index contributed by atoms with van der Waals surface area (Å²) in [5, 5.41) is 5.89. The van der Waals surface area contributed by atoms with E-state index in [1.807, 2.05) is 62.4 Å². The molecule has 1 fully saturated rings. The molecule has 0 saturated carbocycles. The van der Waals surface area contributed by atoms with Crippen LogP contribution in [-0.4, -0.2) is 36.1 Å². The fourth-order valence-electron chi connectivity index (χ4n) is 3.78. The molecule has 1 saturated heterocycles. The molecule has 36 heavy (non-hydrogen) atoms. The largest absolute Gasteiger partial charge is 0.435 e. The Morgan fingerprint density at radius 2 is 1.78 bits per heavy atom. The van der Waals surface area contributed by atoms with Gasteiger partial charge in [0, 0.05) is 24.3 Å². The molecule has 2 aromatic rings. The van der Waals surface area contributed by atoms with Crippen LogP contribution in [0.5, 0.6) is 0 Å². The van der Waals surface area contributed by atoms with Gasteiger partial charge in [-0.3, -0.25) is 18.7 Å². The first kappa shape index (κ1) is 28.5. The van der Waals surface area contributed by atoms with Crippen molar-refractivity contribution in [3.63, 3.8) is 0 Å². The molecule has 0 bridgehead atoms. The van der Waals surface area contributed by atoms with Crippen molar-refractivity contribution < 1.29 is 23.4 Å². The molecule has 0 radical (unpaired) electrons. The first-order chi connectivity index (χ1) is 17.3. The van der Waals surface area contributed by atoms with Gasteiger partial charge in [0.25, 0.3) is 7.52 Å². The van der Waals surface area contributed by atoms with Crippen LogP contribution in [0.25, 0.3) is 0 Å². The lowest BCUT2D eigenvalue weighted by Gasteiger charge is -2.33. The Labute approximate surface area is 218 Å². The number of nitrogens with one attached hydrogen (secondary N) is 2. The molecule has 2 aromatic carbocycles. The van der Waals surface area contributed by atoms with Crippen molar-refractivity contribution >= 4 is 31.2 Å². The third-order valence-corrected chi connectivity index (χ3v) is 9.25. The van der Waals surface area contributed by atoms with E-state index < -0.39 is 25.8 Å². The van der Waals surface area contributed by atoms with Crippen molar-refractivity contribution in [1.82, 2.24) is 10.4 Å². The smallest absolute Gasteiger partial charge is 0.307 e. The molecule has 0 aliphatic carbocycles. The summed E-state index contributed by atoms with van der Waals surface area (Å²) in [6.07, 6.45) is 1.80. The molecule has 3 rings (SSSR count). The summed E-state index contributed by atoms with van der Waals surface area (Å²) in [6.45, 7) is 5.40. The third kappa shape index (κ3) is 8.77. The van der Waals surface area contributed by atoms with Gasteiger partial charge in [0.15, 0.2) is 0 Å². The summed E-state index contributed by atoms with van der Waals surface area (Å²) in [6, 6.07) is 19.2. The monoisotopic (exact) mass is 532 g/mol. The number of rotatable bonds is 13. The number of amides is 1. The molecule has 0 aromatic heterocycles. The summed E-state index contributed by atoms with van der Waals surface area (Å²) in [5.41, 5.74) is 2.23. The molecule has 7 nitrogen and oxygen atoms in total. The maximum Gasteiger partial charge on any atom is 0.307 e. The number of unbranched alkanes of at least 4 members (excludes halogenated alkanes) is 1. The number of hydrogen-bond donors (Lipinski definition) is 2. The number of carbonyl (C=O) groups excluding carboxylic acids is 2. The van der Waals surface area contributed by atoms with Gasteiger partial charge in [-0.05, 0) is 30.4 Å². The fraction of sp³-hybridized carbons (Fsp3) is 0.481. The zero-order chi connectivity index (χ0) is 26.0. The zero-order valence-corrected chi connectivity index (χ0v) is 22.9. The van der Waals surface area contributed by atoms with E-state index in [1.54, 1.807) is 18.7 Å². The molecule has 9 heteroatoms. The van der Waals surface area contributed by atoms with E-state index in [0.717, 1.165) is 18.4 Å². The predicted octanol–water partition coefficient (Wildman–Crippen LogP) is 5.67. The predicted molar refractivity (Wildman–Crippen MR) is 145 cm³/mol. The minimum atomic E-state index is -3.52. The summed E-state index contributed by atoms with van der Waals surface area (Å²) in [7, 11) is -3.52. The molecular formula is C27H37N2O5PS. The van der Waals surface area contributed by atoms with Crippen molar-refractivity contribution in [2.24, 2.45) is 5.92 Å². The zero-order valence-electron chi connectivity index (χ0n) is 21.2. The summed E-state index contributed by atoms with van der Waals surface area (Å²) in [4.78, 5) is 24.9. The Kier molecular flexibility index (Phi) is 11.1. The van der Waals surface area contributed by atoms with E-state index in [9.17, 15) is 14.2 Å². The quantitative estimate of drug-likeness (QED) is 0.148. The topological polar surface area (TPSA) is 93.7 Å². The Hall–Kier alpha value is -2.12. The van der Waals surface area contributed by atoms with Crippen LogP contribution in [0.3, 0.4) is 0 Å². The van der Waals surface area contributed by atoms with E-state index >= 15 is 0 Å². The van der Waals surface area contributed by atoms with Crippen molar-refractivity contribution in [1.29, 1.82) is 0 Å². The first-order valence-electron chi connectivity index (χ1n) is 12.5. The number of aryl methyl sites for hydroxylation is 1. The molecule has 1 aliphatic rings. The van der Waals surface area contributed by atoms with E-state index in [0.29, 0.717) is 12.2 Å². The van der Waals surface area contributed by atoms with E-state index in [4.69, 9.17) is 9.26 Å². The standard InChI is InChI=1S/C27H37N2O5PS/c1-4-24(30)33-27(20(2)3)34-35(32,18-12-11-15-21-13-7-5-8-14-21)29-23-19-36-26(28-25(23)31)22-16-9-6-10-17-22/h5-10,13-14,16-17,20,23,26-27H,4,11-12,15,18-19H2,1-3H3,(H,28,31)(H,29,32)/t23?,26-,27?,35?/m1/s1. The lowest BCUT2D eigenvalue weighted by molar-refractivity contribution is -0.169. The lowest BCUT2D eigenvalue weighted by Crippen LogP contribution is -2.49. The van der Waals surface area contributed by atoms with Crippen LogP contribution in [-0.2, 0) is 29.8 Å². The van der Waals surface area contributed by atoms with E-state index in [2.05, 4.69) is 22.5 Å². The number of thioether (sulfide) groups is 1. The Morgan fingerprint density at radius 3 is 2.39 bits per heavy atom. The second-order valence-corrected chi connectivity index (χ2v) is 12.6. The van der Waals surface area contributed by atoms with Crippen LogP contribution in [0.1, 0.15) is 56.5 Å². The van der Waals surface area contributed by atoms with Gasteiger partial charge in [-0.2, -0.15) is 0 Å². The Balaban J connectivity index is 1.67.